The Balaban J connectivity index is 2.04. The monoisotopic (exact) mass is 404 g/mol. The highest BCUT2D eigenvalue weighted by Gasteiger charge is 2.35. The van der Waals surface area contributed by atoms with Crippen LogP contribution in [0.1, 0.15) is 16.7 Å². The summed E-state index contributed by atoms with van der Waals surface area (Å²) in [5.74, 6) is 0.994. The maximum absolute atomic E-state index is 13.8. The summed E-state index contributed by atoms with van der Waals surface area (Å²) >= 11 is 0. The first-order valence-electron chi connectivity index (χ1n) is 8.92. The molecular weight excluding hydrogens is 383 g/mol. The van der Waals surface area contributed by atoms with Crippen molar-refractivity contribution in [2.45, 2.75) is 0 Å². The number of phosphoric acid groups is 1. The summed E-state index contributed by atoms with van der Waals surface area (Å²) in [5.41, 5.74) is 1.98. The molecule has 29 heavy (non-hydrogen) atoms. The number of benzene rings is 3. The first-order valence-corrected chi connectivity index (χ1v) is 10.4. The molecule has 0 aliphatic carbocycles. The van der Waals surface area contributed by atoms with Crippen LogP contribution >= 0.6 is 7.82 Å². The number of para-hydroxylation sites is 3. The summed E-state index contributed by atoms with van der Waals surface area (Å²) < 4.78 is 31.2. The Bertz CT molecular complexity index is 951. The van der Waals surface area contributed by atoms with E-state index in [4.69, 9.17) is 13.6 Å². The van der Waals surface area contributed by atoms with Crippen LogP contribution in [0.3, 0.4) is 0 Å². The van der Waals surface area contributed by atoms with Crippen molar-refractivity contribution < 1.29 is 18.1 Å². The highest BCUT2D eigenvalue weighted by molar-refractivity contribution is 7.49. The van der Waals surface area contributed by atoms with Gasteiger partial charge in [-0.3, -0.25) is 0 Å². The predicted molar refractivity (Wildman–Crippen MR) is 119 cm³/mol. The molecule has 0 saturated heterocycles. The highest BCUT2D eigenvalue weighted by Crippen LogP contribution is 2.51. The fraction of sp³-hybridized carbons (Fsp3) is 0. The lowest BCUT2D eigenvalue weighted by atomic mass is 10.2. The van der Waals surface area contributed by atoms with Gasteiger partial charge in [-0.25, -0.2) is 0 Å². The zero-order valence-electron chi connectivity index (χ0n) is 15.9. The molecule has 0 bridgehead atoms. The molecule has 0 unspecified atom stereocenters. The molecule has 3 aromatic rings. The van der Waals surface area contributed by atoms with Crippen molar-refractivity contribution in [3.05, 3.63) is 109 Å². The second kappa shape index (κ2) is 9.13. The van der Waals surface area contributed by atoms with E-state index in [2.05, 4.69) is 19.7 Å². The third-order valence-electron chi connectivity index (χ3n) is 4.05. The van der Waals surface area contributed by atoms with E-state index in [0.29, 0.717) is 33.9 Å². The molecule has 0 fully saturated rings. The third kappa shape index (κ3) is 4.87. The van der Waals surface area contributed by atoms with E-state index in [1.807, 2.05) is 18.2 Å². The maximum atomic E-state index is 13.8. The van der Waals surface area contributed by atoms with Gasteiger partial charge in [0.15, 0.2) is 0 Å². The van der Waals surface area contributed by atoms with Gasteiger partial charge in [0, 0.05) is 16.7 Å². The van der Waals surface area contributed by atoms with Crippen molar-refractivity contribution in [2.75, 3.05) is 0 Å². The molecule has 146 valence electrons. The van der Waals surface area contributed by atoms with Gasteiger partial charge < -0.3 is 13.6 Å². The van der Waals surface area contributed by atoms with Crippen molar-refractivity contribution in [3.63, 3.8) is 0 Å². The van der Waals surface area contributed by atoms with Gasteiger partial charge in [0.1, 0.15) is 17.2 Å². The quantitative estimate of drug-likeness (QED) is 0.352. The molecule has 0 aliphatic heterocycles. The topological polar surface area (TPSA) is 44.8 Å². The van der Waals surface area contributed by atoms with Crippen LogP contribution in [0.25, 0.3) is 18.2 Å². The molecule has 3 aromatic carbocycles. The number of hydrogen-bond donors (Lipinski definition) is 0. The molecule has 3 rings (SSSR count). The molecule has 0 aliphatic rings. The lowest BCUT2D eigenvalue weighted by Crippen LogP contribution is -2.09. The molecule has 0 heterocycles. The van der Waals surface area contributed by atoms with Crippen LogP contribution in [0.15, 0.2) is 92.5 Å². The van der Waals surface area contributed by atoms with E-state index >= 15 is 0 Å². The normalized spacial score (nSPS) is 10.6. The zero-order valence-corrected chi connectivity index (χ0v) is 16.8. The van der Waals surface area contributed by atoms with Crippen LogP contribution in [-0.4, -0.2) is 0 Å². The van der Waals surface area contributed by atoms with Crippen molar-refractivity contribution in [3.8, 4) is 17.2 Å². The average Bonchev–Trinajstić information content (AvgIpc) is 2.74. The fourth-order valence-corrected chi connectivity index (χ4v) is 3.95. The summed E-state index contributed by atoms with van der Waals surface area (Å²) in [6.07, 6.45) is 4.82. The first-order chi connectivity index (χ1) is 14.1. The Hall–Kier alpha value is -3.49. The van der Waals surface area contributed by atoms with E-state index < -0.39 is 7.82 Å². The predicted octanol–water partition coefficient (Wildman–Crippen LogP) is 7.26. The molecule has 0 radical (unpaired) electrons. The molecule has 0 saturated carbocycles. The van der Waals surface area contributed by atoms with Crippen molar-refractivity contribution in [1.82, 2.24) is 0 Å². The Morgan fingerprint density at radius 2 is 0.828 bits per heavy atom. The van der Waals surface area contributed by atoms with Crippen LogP contribution in [0.5, 0.6) is 17.2 Å². The molecule has 4 nitrogen and oxygen atoms in total. The number of rotatable bonds is 9. The molecule has 0 spiro atoms. The van der Waals surface area contributed by atoms with Crippen molar-refractivity contribution in [1.29, 1.82) is 0 Å². The minimum atomic E-state index is -4.15. The standard InChI is InChI=1S/C24H21O4P/c1-4-19-13-7-10-16-22(19)26-29(25,27-23-17-11-8-14-20(23)5-2)28-24-18-12-9-15-21(24)6-3/h4-18H,1-3H2. The van der Waals surface area contributed by atoms with Crippen molar-refractivity contribution in [2.24, 2.45) is 0 Å². The Morgan fingerprint density at radius 1 is 0.552 bits per heavy atom. The second-order valence-electron chi connectivity index (χ2n) is 5.95. The fourth-order valence-electron chi connectivity index (χ4n) is 2.61. The average molecular weight is 404 g/mol. The maximum Gasteiger partial charge on any atom is 0.647 e. The lowest BCUT2D eigenvalue weighted by molar-refractivity contribution is 0.298. The van der Waals surface area contributed by atoms with Gasteiger partial charge in [-0.05, 0) is 18.2 Å². The number of phosphoric ester groups is 1. The van der Waals surface area contributed by atoms with E-state index in [1.165, 1.54) is 0 Å². The number of hydrogen-bond acceptors (Lipinski definition) is 4. The highest BCUT2D eigenvalue weighted by atomic mass is 31.2. The lowest BCUT2D eigenvalue weighted by Gasteiger charge is -2.22. The molecule has 0 amide bonds. The Kier molecular flexibility index (Phi) is 6.38. The molecule has 5 heteroatoms. The third-order valence-corrected chi connectivity index (χ3v) is 5.31. The van der Waals surface area contributed by atoms with E-state index in [-0.39, 0.29) is 0 Å². The van der Waals surface area contributed by atoms with Gasteiger partial charge in [0.2, 0.25) is 0 Å². The van der Waals surface area contributed by atoms with Crippen LogP contribution in [-0.2, 0) is 4.57 Å². The van der Waals surface area contributed by atoms with Gasteiger partial charge in [-0.2, -0.15) is 4.57 Å². The zero-order chi connectivity index (χ0) is 20.7. The summed E-state index contributed by atoms with van der Waals surface area (Å²) in [6.45, 7) is 11.3. The smallest absolute Gasteiger partial charge is 0.385 e. The SMILES string of the molecule is C=Cc1ccccc1OP(=O)(Oc1ccccc1C=C)Oc1ccccc1C=C. The van der Waals surface area contributed by atoms with Gasteiger partial charge in [-0.1, -0.05) is 92.6 Å². The van der Waals surface area contributed by atoms with E-state index in [0.717, 1.165) is 0 Å². The van der Waals surface area contributed by atoms with Gasteiger partial charge in [0.05, 0.1) is 0 Å². The van der Waals surface area contributed by atoms with Crippen LogP contribution < -0.4 is 13.6 Å². The van der Waals surface area contributed by atoms with Crippen LogP contribution in [0.2, 0.25) is 0 Å². The minimum absolute atomic E-state index is 0.331. The Labute approximate surface area is 171 Å². The summed E-state index contributed by atoms with van der Waals surface area (Å²) in [4.78, 5) is 0. The minimum Gasteiger partial charge on any atom is -0.385 e. The molecular formula is C24H21O4P. The molecule has 0 aromatic heterocycles. The molecule has 0 atom stereocenters. The van der Waals surface area contributed by atoms with Gasteiger partial charge >= 0.3 is 7.82 Å². The summed E-state index contributed by atoms with van der Waals surface area (Å²) in [7, 11) is -4.15. The second-order valence-corrected chi connectivity index (χ2v) is 7.39. The van der Waals surface area contributed by atoms with Crippen molar-refractivity contribution >= 4 is 26.1 Å². The van der Waals surface area contributed by atoms with E-state index in [1.54, 1.807) is 72.8 Å². The van der Waals surface area contributed by atoms with Gasteiger partial charge in [0.25, 0.3) is 0 Å². The van der Waals surface area contributed by atoms with Crippen LogP contribution in [0.4, 0.5) is 0 Å². The summed E-state index contributed by atoms with van der Waals surface area (Å²) in [6, 6.07) is 21.2. The largest absolute Gasteiger partial charge is 0.647 e. The molecule has 0 N–H and O–H groups in total. The van der Waals surface area contributed by atoms with Crippen LogP contribution in [0, 0.1) is 0 Å². The van der Waals surface area contributed by atoms with Gasteiger partial charge in [-0.15, -0.1) is 0 Å². The van der Waals surface area contributed by atoms with E-state index in [9.17, 15) is 4.57 Å². The summed E-state index contributed by atoms with van der Waals surface area (Å²) in [5, 5.41) is 0. The Morgan fingerprint density at radius 3 is 1.10 bits per heavy atom. The first kappa shape index (κ1) is 20.2.